The maximum absolute atomic E-state index is 15.1. The number of benzene rings is 3. The summed E-state index contributed by atoms with van der Waals surface area (Å²) in [6.07, 6.45) is 4.03. The van der Waals surface area contributed by atoms with Gasteiger partial charge in [-0.15, -0.1) is 0 Å². The summed E-state index contributed by atoms with van der Waals surface area (Å²) in [7, 11) is -2.38. The number of carbonyl (C=O) groups is 4. The second kappa shape index (κ2) is 18.0. The van der Waals surface area contributed by atoms with E-state index in [1.165, 1.54) is 17.1 Å². The predicted molar refractivity (Wildman–Crippen MR) is 229 cm³/mol. The van der Waals surface area contributed by atoms with Crippen LogP contribution in [0, 0.1) is 5.92 Å². The molecule has 3 atom stereocenters. The van der Waals surface area contributed by atoms with Gasteiger partial charge >= 0.3 is 12.1 Å². The van der Waals surface area contributed by atoms with E-state index in [0.29, 0.717) is 18.5 Å². The van der Waals surface area contributed by atoms with Crippen molar-refractivity contribution in [3.8, 4) is 0 Å². The van der Waals surface area contributed by atoms with Crippen LogP contribution < -0.4 is 15.9 Å². The third-order valence-electron chi connectivity index (χ3n) is 11.1. The van der Waals surface area contributed by atoms with Crippen LogP contribution >= 0.6 is 6.89 Å². The van der Waals surface area contributed by atoms with E-state index in [0.717, 1.165) is 15.9 Å². The van der Waals surface area contributed by atoms with E-state index in [9.17, 15) is 14.4 Å². The molecule has 0 unspecified atom stereocenters. The van der Waals surface area contributed by atoms with E-state index in [2.05, 4.69) is 47.0 Å². The summed E-state index contributed by atoms with van der Waals surface area (Å²) in [6, 6.07) is 28.7. The lowest BCUT2D eigenvalue weighted by Crippen LogP contribution is -2.69. The van der Waals surface area contributed by atoms with Crippen molar-refractivity contribution in [1.29, 1.82) is 0 Å². The summed E-state index contributed by atoms with van der Waals surface area (Å²) in [5, 5.41) is 2.43. The molecule has 2 aliphatic heterocycles. The third-order valence-corrected chi connectivity index (χ3v) is 19.9. The first-order valence-electron chi connectivity index (χ1n) is 19.2. The lowest BCUT2D eigenvalue weighted by molar-refractivity contribution is -0.157. The Kier molecular flexibility index (Phi) is 13.6. The number of hydrogen-bond donors (Lipinski definition) is 0. The molecule has 0 bridgehead atoms. The minimum atomic E-state index is -3.19. The number of ether oxygens (including phenoxy) is 2. The van der Waals surface area contributed by atoms with Gasteiger partial charge < -0.3 is 23.7 Å². The molecule has 296 valence electrons. The van der Waals surface area contributed by atoms with Gasteiger partial charge in [-0.2, -0.15) is 0 Å². The minimum Gasteiger partial charge on any atom is -0.457 e. The molecule has 9 nitrogen and oxygen atoms in total. The molecule has 56 heavy (non-hydrogen) atoms. The van der Waals surface area contributed by atoms with Gasteiger partial charge in [-0.1, -0.05) is 143 Å². The van der Waals surface area contributed by atoms with Crippen molar-refractivity contribution in [2.75, 3.05) is 26.3 Å². The van der Waals surface area contributed by atoms with Gasteiger partial charge in [0.2, 0.25) is 5.91 Å². The van der Waals surface area contributed by atoms with Crippen molar-refractivity contribution in [2.45, 2.75) is 70.8 Å². The van der Waals surface area contributed by atoms with Crippen molar-refractivity contribution >= 4 is 60.3 Å². The first-order chi connectivity index (χ1) is 26.7. The lowest BCUT2D eigenvalue weighted by atomic mass is 9.79. The maximum atomic E-state index is 15.1. The van der Waals surface area contributed by atoms with E-state index in [1.807, 2.05) is 97.9 Å². The van der Waals surface area contributed by atoms with Crippen LogP contribution in [0.15, 0.2) is 128 Å². The second-order valence-electron chi connectivity index (χ2n) is 15.7. The Morgan fingerprint density at radius 1 is 0.857 bits per heavy atom. The number of likely N-dealkylation sites (tertiary alicyclic amines) is 1. The smallest absolute Gasteiger partial charge is 0.410 e. The molecule has 2 amide bonds. The zero-order chi connectivity index (χ0) is 40.7. The van der Waals surface area contributed by atoms with Gasteiger partial charge in [0.25, 0.3) is 0 Å². The standard InChI is InChI=1S/C45H55N2O7PSi/c1-9-30-52-43(50)42(55(35-20-14-11-15-21-35,36-22-16-12-17-23-36)37-24-18-13-19-25-37)47-38(40(41(47)49)33(3)54-56(7,8)45(4,5)6)32-39(48)34-26-28-46(29-27-34)44(51)53-31-10-2/h9-26,33,38,40H,1-2,27-32H2,3-8H3/t33-,38-,40-/m1/s1. The SMILES string of the molecule is C=CCOC(=O)C(N1C(=O)[C@H]([C@@H](C)O[Si](C)(C)C(C)(C)C)[C@H]1CC(=O)C1=CCN(C(=O)OCC=C)CC1)=P(c1ccccc1)(c1ccccc1)c1ccccc1. The highest BCUT2D eigenvalue weighted by Crippen LogP contribution is 2.51. The molecule has 3 aromatic rings. The molecule has 0 spiro atoms. The summed E-state index contributed by atoms with van der Waals surface area (Å²) in [4.78, 5) is 60.1. The highest BCUT2D eigenvalue weighted by atomic mass is 31.2. The second-order valence-corrected chi connectivity index (χ2v) is 23.8. The molecule has 0 aliphatic carbocycles. The van der Waals surface area contributed by atoms with Gasteiger partial charge in [-0.25, -0.2) is 9.59 Å². The van der Waals surface area contributed by atoms with Crippen LogP contribution in [0.1, 0.15) is 40.5 Å². The lowest BCUT2D eigenvalue weighted by Gasteiger charge is -2.53. The number of esters is 1. The normalized spacial score (nSPS) is 17.9. The molecule has 0 saturated carbocycles. The Morgan fingerprint density at radius 2 is 1.36 bits per heavy atom. The summed E-state index contributed by atoms with van der Waals surface area (Å²) < 4.78 is 18.0. The molecular formula is C45H55N2O7PSi. The summed E-state index contributed by atoms with van der Waals surface area (Å²) >= 11 is 0. The zero-order valence-electron chi connectivity index (χ0n) is 33.5. The Labute approximate surface area is 333 Å². The summed E-state index contributed by atoms with van der Waals surface area (Å²) in [5.41, 5.74) is 0.773. The molecule has 5 rings (SSSR count). The molecule has 0 aromatic heterocycles. The van der Waals surface area contributed by atoms with Crippen molar-refractivity contribution in [2.24, 2.45) is 5.92 Å². The van der Waals surface area contributed by atoms with E-state index in [4.69, 9.17) is 13.9 Å². The number of carbonyl (C=O) groups excluding carboxylic acids is 4. The first kappa shape index (κ1) is 42.4. The number of ketones is 1. The molecule has 11 heteroatoms. The number of nitrogens with zero attached hydrogens (tertiary/aromatic N) is 2. The first-order valence-corrected chi connectivity index (χ1v) is 23.9. The Balaban J connectivity index is 1.74. The largest absolute Gasteiger partial charge is 0.457 e. The predicted octanol–water partition coefficient (Wildman–Crippen LogP) is 6.99. The quantitative estimate of drug-likeness (QED) is 0.0538. The van der Waals surface area contributed by atoms with E-state index < -0.39 is 45.3 Å². The van der Waals surface area contributed by atoms with Crippen molar-refractivity contribution < 1.29 is 33.1 Å². The fraction of sp³-hybridized carbons (Fsp3) is 0.356. The molecule has 0 N–H and O–H groups in total. The van der Waals surface area contributed by atoms with Gasteiger partial charge in [-0.05, 0) is 53.0 Å². The fourth-order valence-electron chi connectivity index (χ4n) is 7.27. The minimum absolute atomic E-state index is 0.0506. The van der Waals surface area contributed by atoms with Crippen LogP contribution in [0.4, 0.5) is 4.79 Å². The van der Waals surface area contributed by atoms with Crippen LogP contribution in [-0.2, 0) is 28.3 Å². The topological polar surface area (TPSA) is 102 Å². The van der Waals surface area contributed by atoms with Crippen LogP contribution in [0.25, 0.3) is 0 Å². The van der Waals surface area contributed by atoms with Crippen LogP contribution in [-0.4, -0.2) is 85.7 Å². The van der Waals surface area contributed by atoms with Crippen LogP contribution in [0.2, 0.25) is 18.1 Å². The van der Waals surface area contributed by atoms with Gasteiger partial charge in [-0.3, -0.25) is 9.59 Å². The highest BCUT2D eigenvalue weighted by Gasteiger charge is 2.57. The average molecular weight is 795 g/mol. The van der Waals surface area contributed by atoms with E-state index in [-0.39, 0.29) is 48.3 Å². The maximum Gasteiger partial charge on any atom is 0.410 e. The Bertz CT molecular complexity index is 1900. The Morgan fingerprint density at radius 3 is 1.80 bits per heavy atom. The molecule has 3 aromatic carbocycles. The molecule has 1 fully saturated rings. The van der Waals surface area contributed by atoms with Gasteiger partial charge in [0.05, 0.1) is 18.1 Å². The molecule has 2 aliphatic rings. The monoisotopic (exact) mass is 794 g/mol. The van der Waals surface area contributed by atoms with Crippen LogP contribution in [0.5, 0.6) is 0 Å². The third kappa shape index (κ3) is 8.63. The summed E-state index contributed by atoms with van der Waals surface area (Å²) in [6.45, 7) is 17.4. The Hall–Kier alpha value is -4.76. The number of hydrogen-bond acceptors (Lipinski definition) is 7. The number of β-lactam (4-membered cyclic amide) rings is 1. The number of rotatable bonds is 15. The fourth-order valence-corrected chi connectivity index (χ4v) is 13.1. The van der Waals surface area contributed by atoms with Crippen molar-refractivity contribution in [3.63, 3.8) is 0 Å². The molecule has 0 radical (unpaired) electrons. The van der Waals surface area contributed by atoms with Gasteiger partial charge in [0.15, 0.2) is 14.1 Å². The molecular weight excluding hydrogens is 740 g/mol. The van der Waals surface area contributed by atoms with Gasteiger partial charge in [0.1, 0.15) is 18.6 Å². The van der Waals surface area contributed by atoms with Gasteiger partial charge in [0, 0.05) is 26.4 Å². The van der Waals surface area contributed by atoms with E-state index >= 15 is 4.79 Å². The molecule has 2 heterocycles. The number of Topliss-reactive ketones (excluding diaryl/α,β-unsaturated/α-hetero) is 1. The zero-order valence-corrected chi connectivity index (χ0v) is 35.4. The average Bonchev–Trinajstić information content (AvgIpc) is 3.19. The van der Waals surface area contributed by atoms with Crippen molar-refractivity contribution in [1.82, 2.24) is 9.80 Å². The van der Waals surface area contributed by atoms with Crippen LogP contribution in [0.3, 0.4) is 0 Å². The summed E-state index contributed by atoms with van der Waals surface area (Å²) in [5.74, 6) is -1.81. The number of amides is 2. The van der Waals surface area contributed by atoms with Crippen molar-refractivity contribution in [3.05, 3.63) is 128 Å². The highest BCUT2D eigenvalue weighted by molar-refractivity contribution is 7.96. The molecule has 1 saturated heterocycles. The van der Waals surface area contributed by atoms with E-state index in [1.54, 1.807) is 11.0 Å².